The molecular formula is C24H31N3O4S2. The molecular weight excluding hydrogens is 458 g/mol. The molecule has 2 aliphatic heterocycles. The molecule has 33 heavy (non-hydrogen) atoms. The predicted octanol–water partition coefficient (Wildman–Crippen LogP) is 4.12. The molecule has 0 saturated carbocycles. The summed E-state index contributed by atoms with van der Waals surface area (Å²) in [7, 11) is -0.412. The van der Waals surface area contributed by atoms with Crippen LogP contribution in [0.2, 0.25) is 0 Å². The number of rotatable bonds is 8. The second kappa shape index (κ2) is 10.0. The van der Waals surface area contributed by atoms with Crippen molar-refractivity contribution in [3.05, 3.63) is 42.5 Å². The van der Waals surface area contributed by atoms with Gasteiger partial charge in [-0.1, -0.05) is 23.9 Å². The number of benzene rings is 2. The molecule has 0 spiro atoms. The summed E-state index contributed by atoms with van der Waals surface area (Å²) in [5, 5.41) is 9.02. The van der Waals surface area contributed by atoms with Crippen molar-refractivity contribution in [1.82, 2.24) is 9.21 Å². The number of anilines is 2. The van der Waals surface area contributed by atoms with Crippen molar-refractivity contribution < 1.29 is 18.3 Å². The van der Waals surface area contributed by atoms with E-state index in [9.17, 15) is 13.2 Å². The maximum Gasteiger partial charge on any atom is 0.303 e. The highest BCUT2D eigenvalue weighted by Gasteiger charge is 2.27. The number of hydrogen-bond donors (Lipinski definition) is 1. The molecule has 1 saturated heterocycles. The summed E-state index contributed by atoms with van der Waals surface area (Å²) >= 11 is 1.67. The zero-order chi connectivity index (χ0) is 23.6. The van der Waals surface area contributed by atoms with E-state index in [1.165, 1.54) is 9.20 Å². The van der Waals surface area contributed by atoms with E-state index < -0.39 is 16.0 Å². The standard InChI is InChI=1S/C24H31N3O4S2/c1-25(2)33(30,31)19-8-9-23-21(17-19)27(20-6-3-4-7-22(20)32-23)13-5-12-26-14-10-18(11-15-26)16-24(28)29/h3-4,6-9,17-18H,5,10-16H2,1-2H3,(H,28,29). The maximum absolute atomic E-state index is 12.7. The smallest absolute Gasteiger partial charge is 0.303 e. The van der Waals surface area contributed by atoms with Gasteiger partial charge in [0.25, 0.3) is 0 Å². The number of sulfonamides is 1. The van der Waals surface area contributed by atoms with Gasteiger partial charge in [0.1, 0.15) is 0 Å². The van der Waals surface area contributed by atoms with Crippen molar-refractivity contribution in [2.24, 2.45) is 5.92 Å². The zero-order valence-electron chi connectivity index (χ0n) is 19.1. The largest absolute Gasteiger partial charge is 0.481 e. The van der Waals surface area contributed by atoms with Crippen molar-refractivity contribution in [3.63, 3.8) is 0 Å². The number of para-hydroxylation sites is 1. The molecule has 0 amide bonds. The molecule has 0 radical (unpaired) electrons. The first-order valence-corrected chi connectivity index (χ1v) is 13.6. The molecule has 2 aromatic rings. The van der Waals surface area contributed by atoms with Crippen LogP contribution in [0.15, 0.2) is 57.2 Å². The molecule has 4 rings (SSSR count). The van der Waals surface area contributed by atoms with Crippen LogP contribution >= 0.6 is 11.8 Å². The third-order valence-corrected chi connectivity index (χ3v) is 9.34. The van der Waals surface area contributed by atoms with Crippen LogP contribution in [-0.4, -0.2) is 69.0 Å². The first kappa shape index (κ1) is 24.1. The van der Waals surface area contributed by atoms with E-state index in [0.717, 1.165) is 61.7 Å². The number of aliphatic carboxylic acids is 1. The number of carboxylic acids is 1. The van der Waals surface area contributed by atoms with Gasteiger partial charge in [0.05, 0.1) is 16.3 Å². The first-order chi connectivity index (χ1) is 15.8. The highest BCUT2D eigenvalue weighted by atomic mass is 32.2. The number of piperidine rings is 1. The van der Waals surface area contributed by atoms with E-state index in [4.69, 9.17) is 5.11 Å². The van der Waals surface area contributed by atoms with Crippen molar-refractivity contribution in [2.45, 2.75) is 40.4 Å². The molecule has 1 N–H and O–H groups in total. The molecule has 0 atom stereocenters. The number of carboxylic acid groups (broad SMARTS) is 1. The lowest BCUT2D eigenvalue weighted by atomic mass is 9.93. The Hall–Kier alpha value is -2.07. The molecule has 2 aliphatic rings. The van der Waals surface area contributed by atoms with E-state index in [2.05, 4.69) is 21.9 Å². The Bertz CT molecular complexity index is 1110. The quantitative estimate of drug-likeness (QED) is 0.597. The van der Waals surface area contributed by atoms with Crippen molar-refractivity contribution in [1.29, 1.82) is 0 Å². The lowest BCUT2D eigenvalue weighted by Crippen LogP contribution is -2.36. The summed E-state index contributed by atoms with van der Waals surface area (Å²) in [6.07, 6.45) is 3.08. The Labute approximate surface area is 200 Å². The van der Waals surface area contributed by atoms with Gasteiger partial charge < -0.3 is 14.9 Å². The third-order valence-electron chi connectivity index (χ3n) is 6.40. The van der Waals surface area contributed by atoms with Crippen LogP contribution in [0, 0.1) is 5.92 Å². The van der Waals surface area contributed by atoms with Crippen LogP contribution in [0.1, 0.15) is 25.7 Å². The van der Waals surface area contributed by atoms with Crippen molar-refractivity contribution >= 4 is 39.1 Å². The average Bonchev–Trinajstić information content (AvgIpc) is 2.79. The number of carbonyl (C=O) groups is 1. The average molecular weight is 490 g/mol. The molecule has 0 aromatic heterocycles. The molecule has 2 aromatic carbocycles. The van der Waals surface area contributed by atoms with Crippen LogP contribution in [-0.2, 0) is 14.8 Å². The van der Waals surface area contributed by atoms with Gasteiger partial charge in [-0.25, -0.2) is 12.7 Å². The summed E-state index contributed by atoms with van der Waals surface area (Å²) in [4.78, 5) is 18.1. The van der Waals surface area contributed by atoms with Gasteiger partial charge in [-0.05, 0) is 75.1 Å². The predicted molar refractivity (Wildman–Crippen MR) is 131 cm³/mol. The molecule has 7 nitrogen and oxygen atoms in total. The Balaban J connectivity index is 1.49. The number of hydrogen-bond acceptors (Lipinski definition) is 6. The van der Waals surface area contributed by atoms with E-state index in [0.29, 0.717) is 4.90 Å². The minimum atomic E-state index is -3.52. The summed E-state index contributed by atoms with van der Waals surface area (Å²) < 4.78 is 26.7. The van der Waals surface area contributed by atoms with Crippen LogP contribution in [0.4, 0.5) is 11.4 Å². The Morgan fingerprint density at radius 2 is 1.76 bits per heavy atom. The van der Waals surface area contributed by atoms with Crippen molar-refractivity contribution in [2.75, 3.05) is 45.2 Å². The molecule has 2 heterocycles. The molecule has 1 fully saturated rings. The second-order valence-electron chi connectivity index (χ2n) is 8.87. The lowest BCUT2D eigenvalue weighted by Gasteiger charge is -2.35. The lowest BCUT2D eigenvalue weighted by molar-refractivity contribution is -0.138. The minimum Gasteiger partial charge on any atom is -0.481 e. The molecule has 9 heteroatoms. The van der Waals surface area contributed by atoms with E-state index in [1.807, 2.05) is 18.2 Å². The van der Waals surface area contributed by atoms with Crippen LogP contribution in [0.25, 0.3) is 0 Å². The van der Waals surface area contributed by atoms with Gasteiger partial charge in [-0.2, -0.15) is 0 Å². The Morgan fingerprint density at radius 3 is 2.45 bits per heavy atom. The fraction of sp³-hybridized carbons (Fsp3) is 0.458. The van der Waals surface area contributed by atoms with Gasteiger partial charge in [-0.15, -0.1) is 0 Å². The van der Waals surface area contributed by atoms with Gasteiger partial charge in [0.15, 0.2) is 0 Å². The fourth-order valence-corrected chi connectivity index (χ4v) is 6.53. The Morgan fingerprint density at radius 1 is 1.06 bits per heavy atom. The first-order valence-electron chi connectivity index (χ1n) is 11.3. The maximum atomic E-state index is 12.7. The van der Waals surface area contributed by atoms with Gasteiger partial charge in [0, 0.05) is 36.9 Å². The fourth-order valence-electron chi connectivity index (χ4n) is 4.53. The SMILES string of the molecule is CN(C)S(=O)(=O)c1ccc2c(c1)N(CCCN1CCC(CC(=O)O)CC1)c1ccccc1S2. The Kier molecular flexibility index (Phi) is 7.33. The second-order valence-corrected chi connectivity index (χ2v) is 12.1. The summed E-state index contributed by atoms with van der Waals surface area (Å²) in [5.41, 5.74) is 2.04. The van der Waals surface area contributed by atoms with Gasteiger partial charge >= 0.3 is 5.97 Å². The molecule has 0 bridgehead atoms. The number of fused-ring (bicyclic) bond motifs is 2. The van der Waals surface area contributed by atoms with Crippen LogP contribution in [0.3, 0.4) is 0 Å². The monoisotopic (exact) mass is 489 g/mol. The molecule has 0 unspecified atom stereocenters. The number of likely N-dealkylation sites (tertiary alicyclic amines) is 1. The molecule has 0 aliphatic carbocycles. The highest BCUT2D eigenvalue weighted by molar-refractivity contribution is 7.99. The highest BCUT2D eigenvalue weighted by Crippen LogP contribution is 2.48. The topological polar surface area (TPSA) is 81.2 Å². The van der Waals surface area contributed by atoms with E-state index >= 15 is 0 Å². The normalized spacial score (nSPS) is 17.1. The zero-order valence-corrected chi connectivity index (χ0v) is 20.7. The summed E-state index contributed by atoms with van der Waals surface area (Å²) in [6, 6.07) is 13.6. The van der Waals surface area contributed by atoms with Gasteiger partial charge in [-0.3, -0.25) is 4.79 Å². The summed E-state index contributed by atoms with van der Waals surface area (Å²) in [6.45, 7) is 3.60. The summed E-state index contributed by atoms with van der Waals surface area (Å²) in [5.74, 6) is -0.418. The van der Waals surface area contributed by atoms with Crippen LogP contribution in [0.5, 0.6) is 0 Å². The van der Waals surface area contributed by atoms with Crippen LogP contribution < -0.4 is 4.90 Å². The van der Waals surface area contributed by atoms with Gasteiger partial charge in [0.2, 0.25) is 10.0 Å². The minimum absolute atomic E-state index is 0.269. The van der Waals surface area contributed by atoms with E-state index in [1.54, 1.807) is 38.0 Å². The third kappa shape index (κ3) is 5.37. The van der Waals surface area contributed by atoms with Crippen molar-refractivity contribution in [3.8, 4) is 0 Å². The van der Waals surface area contributed by atoms with E-state index in [-0.39, 0.29) is 12.3 Å². The number of nitrogens with zero attached hydrogens (tertiary/aromatic N) is 3. The molecule has 178 valence electrons.